The lowest BCUT2D eigenvalue weighted by molar-refractivity contribution is -0.120. The normalized spacial score (nSPS) is 18.6. The van der Waals surface area contributed by atoms with Crippen molar-refractivity contribution in [3.63, 3.8) is 0 Å². The highest BCUT2D eigenvalue weighted by atomic mass is 16.1. The van der Waals surface area contributed by atoms with E-state index in [1.807, 2.05) is 6.92 Å². The van der Waals surface area contributed by atoms with Gasteiger partial charge in [0.2, 0.25) is 5.91 Å². The van der Waals surface area contributed by atoms with E-state index >= 15 is 0 Å². The highest BCUT2D eigenvalue weighted by molar-refractivity contribution is 5.77. The van der Waals surface area contributed by atoms with E-state index in [1.54, 1.807) is 0 Å². The SMILES string of the molecule is CCNC(=O)CNCCN1CCN(C)CC1. The molecule has 0 aliphatic carbocycles. The minimum Gasteiger partial charge on any atom is -0.355 e. The van der Waals surface area contributed by atoms with Crippen LogP contribution < -0.4 is 10.6 Å². The van der Waals surface area contributed by atoms with E-state index in [0.717, 1.165) is 39.3 Å². The van der Waals surface area contributed by atoms with Crippen LogP contribution in [0.25, 0.3) is 0 Å². The van der Waals surface area contributed by atoms with Crippen LogP contribution in [-0.2, 0) is 4.79 Å². The van der Waals surface area contributed by atoms with Crippen LogP contribution in [0.2, 0.25) is 0 Å². The van der Waals surface area contributed by atoms with Gasteiger partial charge in [0.1, 0.15) is 0 Å². The largest absolute Gasteiger partial charge is 0.355 e. The maximum Gasteiger partial charge on any atom is 0.233 e. The van der Waals surface area contributed by atoms with Crippen LogP contribution in [0.1, 0.15) is 6.92 Å². The monoisotopic (exact) mass is 228 g/mol. The van der Waals surface area contributed by atoms with Crippen LogP contribution in [0.5, 0.6) is 0 Å². The second-order valence-corrected chi connectivity index (χ2v) is 4.28. The van der Waals surface area contributed by atoms with Gasteiger partial charge in [-0.05, 0) is 14.0 Å². The van der Waals surface area contributed by atoms with E-state index < -0.39 is 0 Å². The number of carbonyl (C=O) groups excluding carboxylic acids is 1. The van der Waals surface area contributed by atoms with Crippen molar-refractivity contribution in [2.45, 2.75) is 6.92 Å². The van der Waals surface area contributed by atoms with Gasteiger partial charge in [0.05, 0.1) is 6.54 Å². The predicted molar refractivity (Wildman–Crippen MR) is 65.5 cm³/mol. The van der Waals surface area contributed by atoms with Crippen molar-refractivity contribution in [3.8, 4) is 0 Å². The maximum absolute atomic E-state index is 11.1. The summed E-state index contributed by atoms with van der Waals surface area (Å²) in [5.41, 5.74) is 0. The number of amides is 1. The van der Waals surface area contributed by atoms with Gasteiger partial charge in [0.15, 0.2) is 0 Å². The quantitative estimate of drug-likeness (QED) is 0.570. The molecule has 1 heterocycles. The first-order valence-electron chi connectivity index (χ1n) is 6.10. The fourth-order valence-corrected chi connectivity index (χ4v) is 1.77. The van der Waals surface area contributed by atoms with Gasteiger partial charge < -0.3 is 15.5 Å². The molecule has 0 unspecified atom stereocenters. The number of carbonyl (C=O) groups is 1. The molecule has 2 N–H and O–H groups in total. The Morgan fingerprint density at radius 3 is 2.56 bits per heavy atom. The molecule has 1 aliphatic rings. The van der Waals surface area contributed by atoms with Crippen molar-refractivity contribution in [2.75, 3.05) is 59.4 Å². The number of nitrogens with zero attached hydrogens (tertiary/aromatic N) is 2. The number of likely N-dealkylation sites (N-methyl/N-ethyl adjacent to an activating group) is 2. The molecule has 1 saturated heterocycles. The van der Waals surface area contributed by atoms with Crippen molar-refractivity contribution in [2.24, 2.45) is 0 Å². The lowest BCUT2D eigenvalue weighted by atomic mass is 10.3. The molecule has 0 aromatic rings. The lowest BCUT2D eigenvalue weighted by Gasteiger charge is -2.32. The van der Waals surface area contributed by atoms with Gasteiger partial charge >= 0.3 is 0 Å². The second kappa shape index (κ2) is 7.60. The maximum atomic E-state index is 11.1. The Kier molecular flexibility index (Phi) is 6.37. The van der Waals surface area contributed by atoms with E-state index in [4.69, 9.17) is 0 Å². The Balaban J connectivity index is 1.97. The summed E-state index contributed by atoms with van der Waals surface area (Å²) in [4.78, 5) is 15.9. The molecule has 0 atom stereocenters. The summed E-state index contributed by atoms with van der Waals surface area (Å²) >= 11 is 0. The van der Waals surface area contributed by atoms with Gasteiger partial charge in [0, 0.05) is 45.8 Å². The summed E-state index contributed by atoms with van der Waals surface area (Å²) in [6.45, 7) is 9.57. The van der Waals surface area contributed by atoms with Gasteiger partial charge in [-0.25, -0.2) is 0 Å². The molecular formula is C11H24N4O. The molecule has 1 amide bonds. The standard InChI is InChI=1S/C11H24N4O/c1-3-13-11(16)10-12-4-5-15-8-6-14(2)7-9-15/h12H,3-10H2,1-2H3,(H,13,16). The van der Waals surface area contributed by atoms with E-state index in [2.05, 4.69) is 27.5 Å². The fourth-order valence-electron chi connectivity index (χ4n) is 1.77. The third-order valence-electron chi connectivity index (χ3n) is 2.86. The molecule has 5 nitrogen and oxygen atoms in total. The predicted octanol–water partition coefficient (Wildman–Crippen LogP) is -1.04. The van der Waals surface area contributed by atoms with Crippen LogP contribution >= 0.6 is 0 Å². The zero-order chi connectivity index (χ0) is 11.8. The highest BCUT2D eigenvalue weighted by Gasteiger charge is 2.12. The molecule has 1 aliphatic heterocycles. The molecule has 0 bridgehead atoms. The highest BCUT2D eigenvalue weighted by Crippen LogP contribution is 1.97. The summed E-state index contributed by atoms with van der Waals surface area (Å²) in [7, 11) is 2.16. The molecule has 16 heavy (non-hydrogen) atoms. The molecule has 94 valence electrons. The van der Waals surface area contributed by atoms with Crippen molar-refractivity contribution < 1.29 is 4.79 Å². The summed E-state index contributed by atoms with van der Waals surface area (Å²) in [5.74, 6) is 0.0841. The Labute approximate surface area is 98.2 Å². The topological polar surface area (TPSA) is 47.6 Å². The molecular weight excluding hydrogens is 204 g/mol. The van der Waals surface area contributed by atoms with Gasteiger partial charge in [-0.15, -0.1) is 0 Å². The summed E-state index contributed by atoms with van der Waals surface area (Å²) in [6.07, 6.45) is 0. The first kappa shape index (κ1) is 13.4. The number of hydrogen-bond donors (Lipinski definition) is 2. The number of piperazine rings is 1. The van der Waals surface area contributed by atoms with Crippen molar-refractivity contribution >= 4 is 5.91 Å². The Morgan fingerprint density at radius 1 is 1.25 bits per heavy atom. The smallest absolute Gasteiger partial charge is 0.233 e. The third kappa shape index (κ3) is 5.44. The average Bonchev–Trinajstić information content (AvgIpc) is 2.27. The summed E-state index contributed by atoms with van der Waals surface area (Å²) in [5, 5.41) is 5.93. The molecule has 0 aromatic heterocycles. The molecule has 5 heteroatoms. The molecule has 1 fully saturated rings. The zero-order valence-corrected chi connectivity index (χ0v) is 10.5. The van der Waals surface area contributed by atoms with Gasteiger partial charge in [0.25, 0.3) is 0 Å². The Morgan fingerprint density at radius 2 is 1.94 bits per heavy atom. The summed E-state index contributed by atoms with van der Waals surface area (Å²) in [6, 6.07) is 0. The molecule has 0 aromatic carbocycles. The molecule has 0 spiro atoms. The van der Waals surface area contributed by atoms with Crippen LogP contribution in [0.15, 0.2) is 0 Å². The first-order valence-corrected chi connectivity index (χ1v) is 6.10. The Hall–Kier alpha value is -0.650. The zero-order valence-electron chi connectivity index (χ0n) is 10.5. The minimum absolute atomic E-state index is 0.0841. The molecule has 0 saturated carbocycles. The summed E-state index contributed by atoms with van der Waals surface area (Å²) < 4.78 is 0. The van der Waals surface area contributed by atoms with E-state index in [9.17, 15) is 4.79 Å². The Bertz CT molecular complexity index is 202. The number of hydrogen-bond acceptors (Lipinski definition) is 4. The van der Waals surface area contributed by atoms with E-state index in [0.29, 0.717) is 13.1 Å². The fraction of sp³-hybridized carbons (Fsp3) is 0.909. The van der Waals surface area contributed by atoms with Crippen molar-refractivity contribution in [3.05, 3.63) is 0 Å². The number of rotatable bonds is 6. The third-order valence-corrected chi connectivity index (χ3v) is 2.86. The number of nitrogens with one attached hydrogen (secondary N) is 2. The van der Waals surface area contributed by atoms with Gasteiger partial charge in [-0.1, -0.05) is 0 Å². The lowest BCUT2D eigenvalue weighted by Crippen LogP contribution is -2.47. The molecule has 0 radical (unpaired) electrons. The minimum atomic E-state index is 0.0841. The first-order chi connectivity index (χ1) is 7.72. The van der Waals surface area contributed by atoms with Crippen molar-refractivity contribution in [1.82, 2.24) is 20.4 Å². The van der Waals surface area contributed by atoms with Gasteiger partial charge in [-0.2, -0.15) is 0 Å². The average molecular weight is 228 g/mol. The van der Waals surface area contributed by atoms with Crippen LogP contribution in [0.3, 0.4) is 0 Å². The van der Waals surface area contributed by atoms with Crippen molar-refractivity contribution in [1.29, 1.82) is 0 Å². The van der Waals surface area contributed by atoms with E-state index in [1.165, 1.54) is 0 Å². The van der Waals surface area contributed by atoms with Crippen LogP contribution in [-0.4, -0.2) is 75.1 Å². The van der Waals surface area contributed by atoms with Crippen LogP contribution in [0.4, 0.5) is 0 Å². The second-order valence-electron chi connectivity index (χ2n) is 4.28. The van der Waals surface area contributed by atoms with Crippen LogP contribution in [0, 0.1) is 0 Å². The molecule has 1 rings (SSSR count). The van der Waals surface area contributed by atoms with E-state index in [-0.39, 0.29) is 5.91 Å². The van der Waals surface area contributed by atoms with Gasteiger partial charge in [-0.3, -0.25) is 9.69 Å².